The van der Waals surface area contributed by atoms with Crippen LogP contribution in [0.1, 0.15) is 39.4 Å². The van der Waals surface area contributed by atoms with Crippen LogP contribution in [0.2, 0.25) is 0 Å². The molecule has 4 aromatic rings. The Morgan fingerprint density at radius 2 is 1.45 bits per heavy atom. The molecular formula is C38H41N3O10. The van der Waals surface area contributed by atoms with Gasteiger partial charge in [-0.25, -0.2) is 0 Å². The number of fused-ring (bicyclic) bond motifs is 2. The van der Waals surface area contributed by atoms with Gasteiger partial charge in [-0.15, -0.1) is 0 Å². The van der Waals surface area contributed by atoms with Gasteiger partial charge in [-0.1, -0.05) is 18.2 Å². The van der Waals surface area contributed by atoms with Gasteiger partial charge < -0.3 is 53.4 Å². The number of aliphatic imine (C=N–C) groups is 1. The Hall–Kier alpha value is -5.69. The molecule has 6 bridgehead atoms. The Morgan fingerprint density at radius 1 is 0.784 bits per heavy atom. The summed E-state index contributed by atoms with van der Waals surface area (Å²) in [5.41, 5.74) is 7.55. The normalized spacial score (nSPS) is 17.0. The number of hydrogen-bond donors (Lipinski definition) is 1. The molecule has 0 radical (unpaired) electrons. The number of nitrogens with zero attached hydrogens (tertiary/aromatic N) is 2. The minimum absolute atomic E-state index is 0.0115. The molecule has 2 atom stereocenters. The number of rotatable bonds is 5. The maximum Gasteiger partial charge on any atom is 0.208 e. The molecule has 1 N–H and O–H groups in total. The molecule has 0 amide bonds. The third kappa shape index (κ3) is 7.02. The molecule has 4 aliphatic heterocycles. The largest absolute Gasteiger partial charge is 0.493 e. The van der Waals surface area contributed by atoms with Crippen LogP contribution in [0.25, 0.3) is 0 Å². The zero-order valence-corrected chi connectivity index (χ0v) is 29.5. The second-order valence-electron chi connectivity index (χ2n) is 12.4. The standard InChI is InChI=1S/C38H40N2O7.NO3/c1-40-16-14-26-34-29(40)18-23-9-12-30(41-2)32(19-23)46-25-10-7-22(8-11-25)17-28-27-21-33(31(42-3)20-24(27)13-15-39-28)47-36(34)38(45-6)37(44-5)35(26)43-4;2-1(3)4/h7-12,19-21,29H,13-18H2,1-6H3;/q;-1/p+1/t29-;/m1./s1. The first-order valence-electron chi connectivity index (χ1n) is 16.5. The quantitative estimate of drug-likeness (QED) is 0.214. The van der Waals surface area contributed by atoms with Crippen molar-refractivity contribution in [3.05, 3.63) is 103 Å². The van der Waals surface area contributed by atoms with E-state index >= 15 is 0 Å². The number of likely N-dealkylation sites (N-methyl/N-ethyl adjacent to an activating group) is 1. The lowest BCUT2D eigenvalue weighted by atomic mass is 9.86. The summed E-state index contributed by atoms with van der Waals surface area (Å²) >= 11 is 0. The highest BCUT2D eigenvalue weighted by Gasteiger charge is 2.39. The van der Waals surface area contributed by atoms with Gasteiger partial charge in [0.25, 0.3) is 0 Å². The summed E-state index contributed by atoms with van der Waals surface area (Å²) in [4.78, 5) is 14.6. The molecule has 268 valence electrons. The van der Waals surface area contributed by atoms with Crippen LogP contribution in [0.3, 0.4) is 0 Å². The average Bonchev–Trinajstić information content (AvgIpc) is 3.12. The second kappa shape index (κ2) is 15.1. The highest BCUT2D eigenvalue weighted by Crippen LogP contribution is 2.54. The lowest BCUT2D eigenvalue weighted by Gasteiger charge is -2.35. The van der Waals surface area contributed by atoms with E-state index < -0.39 is 5.09 Å². The van der Waals surface area contributed by atoms with Gasteiger partial charge in [0.05, 0.1) is 59.8 Å². The van der Waals surface area contributed by atoms with E-state index in [1.807, 2.05) is 18.2 Å². The first-order valence-corrected chi connectivity index (χ1v) is 16.5. The third-order valence-corrected chi connectivity index (χ3v) is 9.57. The van der Waals surface area contributed by atoms with Crippen molar-refractivity contribution in [3.8, 4) is 51.7 Å². The van der Waals surface area contributed by atoms with Crippen molar-refractivity contribution in [2.24, 2.45) is 4.99 Å². The Morgan fingerprint density at radius 3 is 2.12 bits per heavy atom. The second-order valence-corrected chi connectivity index (χ2v) is 12.4. The molecule has 13 nitrogen and oxygen atoms in total. The number of hydrogen-bond acceptors (Lipinski definition) is 11. The third-order valence-electron chi connectivity index (χ3n) is 9.57. The van der Waals surface area contributed by atoms with Crippen molar-refractivity contribution in [2.75, 3.05) is 55.7 Å². The zero-order valence-electron chi connectivity index (χ0n) is 29.5. The first-order chi connectivity index (χ1) is 24.7. The van der Waals surface area contributed by atoms with E-state index in [2.05, 4.69) is 43.4 Å². The molecule has 0 aliphatic carbocycles. The number of methoxy groups -OCH3 is 5. The van der Waals surface area contributed by atoms with Crippen LogP contribution in [0.5, 0.6) is 51.7 Å². The van der Waals surface area contributed by atoms with Crippen molar-refractivity contribution in [2.45, 2.75) is 31.7 Å². The summed E-state index contributed by atoms with van der Waals surface area (Å²) in [6.07, 6.45) is 2.98. The Labute approximate surface area is 296 Å². The molecule has 0 spiro atoms. The van der Waals surface area contributed by atoms with E-state index in [0.29, 0.717) is 58.8 Å². The highest BCUT2D eigenvalue weighted by atomic mass is 16.9. The average molecular weight is 700 g/mol. The van der Waals surface area contributed by atoms with Crippen molar-refractivity contribution in [1.82, 2.24) is 0 Å². The van der Waals surface area contributed by atoms with Crippen molar-refractivity contribution in [3.63, 3.8) is 0 Å². The summed E-state index contributed by atoms with van der Waals surface area (Å²) in [5.74, 6) is 5.56. The molecule has 8 rings (SSSR count). The summed E-state index contributed by atoms with van der Waals surface area (Å²) in [7, 11) is 10.5. The Bertz CT molecular complexity index is 1960. The minimum atomic E-state index is -1.75. The number of benzene rings is 4. The van der Waals surface area contributed by atoms with Crippen LogP contribution in [-0.4, -0.2) is 66.5 Å². The first kappa shape index (κ1) is 35.1. The molecule has 4 aromatic carbocycles. The topological polar surface area (TPSA) is 148 Å². The van der Waals surface area contributed by atoms with Crippen LogP contribution in [0, 0.1) is 15.3 Å². The van der Waals surface area contributed by atoms with Crippen LogP contribution in [-0.2, 0) is 25.7 Å². The smallest absolute Gasteiger partial charge is 0.208 e. The predicted octanol–water partition coefficient (Wildman–Crippen LogP) is 5.33. The van der Waals surface area contributed by atoms with Crippen LogP contribution < -0.4 is 38.1 Å². The fraction of sp³-hybridized carbons (Fsp3) is 0.342. The molecule has 13 heteroatoms. The predicted molar refractivity (Wildman–Crippen MR) is 190 cm³/mol. The van der Waals surface area contributed by atoms with E-state index in [4.69, 9.17) is 53.5 Å². The molecule has 0 saturated heterocycles. The van der Waals surface area contributed by atoms with Crippen LogP contribution in [0.15, 0.2) is 59.6 Å². The van der Waals surface area contributed by atoms with Crippen LogP contribution >= 0.6 is 0 Å². The van der Waals surface area contributed by atoms with Gasteiger partial charge in [0, 0.05) is 42.6 Å². The van der Waals surface area contributed by atoms with Crippen molar-refractivity contribution >= 4 is 5.71 Å². The summed E-state index contributed by atoms with van der Waals surface area (Å²) in [6, 6.07) is 18.5. The maximum absolute atomic E-state index is 8.25. The number of ether oxygens (including phenoxy) is 7. The molecule has 0 saturated carbocycles. The zero-order chi connectivity index (χ0) is 36.2. The molecule has 51 heavy (non-hydrogen) atoms. The molecule has 0 aromatic heterocycles. The molecular weight excluding hydrogens is 658 g/mol. The van der Waals surface area contributed by atoms with E-state index in [1.165, 1.54) is 10.5 Å². The van der Waals surface area contributed by atoms with Crippen molar-refractivity contribution < 1.29 is 43.1 Å². The fourth-order valence-corrected chi connectivity index (χ4v) is 7.18. The van der Waals surface area contributed by atoms with Crippen molar-refractivity contribution in [1.29, 1.82) is 0 Å². The highest BCUT2D eigenvalue weighted by molar-refractivity contribution is 6.04. The van der Waals surface area contributed by atoms with E-state index in [9.17, 15) is 0 Å². The molecule has 4 aliphatic rings. The van der Waals surface area contributed by atoms with Gasteiger partial charge in [0.15, 0.2) is 34.5 Å². The fourth-order valence-electron chi connectivity index (χ4n) is 7.18. The summed E-state index contributed by atoms with van der Waals surface area (Å²) in [5, 5.41) is 14.8. The van der Waals surface area contributed by atoms with Gasteiger partial charge in [0.1, 0.15) is 11.8 Å². The molecule has 1 unspecified atom stereocenters. The van der Waals surface area contributed by atoms with E-state index in [1.54, 1.807) is 35.5 Å². The molecule has 0 fully saturated rings. The SMILES string of the molecule is COc1ccc2cc1Oc1ccc(cc1)CC1=NCCc3cc(OC)c(cc31)Oc1c(OC)c(OC)c(OC)c3c1[C@@H](C2)[NH+](C)CC3.O=[N+]([O-])[O-]. The lowest BCUT2D eigenvalue weighted by molar-refractivity contribution is -0.914. The van der Waals surface area contributed by atoms with Gasteiger partial charge >= 0.3 is 0 Å². The summed E-state index contributed by atoms with van der Waals surface area (Å²) < 4.78 is 43.2. The lowest BCUT2D eigenvalue weighted by Crippen LogP contribution is -3.10. The number of quaternary nitrogens is 1. The maximum atomic E-state index is 8.25. The minimum Gasteiger partial charge on any atom is -0.493 e. The number of nitrogens with one attached hydrogen (secondary N) is 1. The van der Waals surface area contributed by atoms with Gasteiger partial charge in [-0.05, 0) is 59.5 Å². The van der Waals surface area contributed by atoms with E-state index in [-0.39, 0.29) is 6.04 Å². The Balaban J connectivity index is 0.00000107. The summed E-state index contributed by atoms with van der Waals surface area (Å²) in [6.45, 7) is 1.62. The Kier molecular flexibility index (Phi) is 10.4. The van der Waals surface area contributed by atoms with E-state index in [0.717, 1.165) is 65.2 Å². The van der Waals surface area contributed by atoms with Gasteiger partial charge in [0.2, 0.25) is 11.5 Å². The van der Waals surface area contributed by atoms with Gasteiger partial charge in [-0.2, -0.15) is 0 Å². The van der Waals surface area contributed by atoms with Crippen LogP contribution in [0.4, 0.5) is 0 Å². The van der Waals surface area contributed by atoms with Gasteiger partial charge in [-0.3, -0.25) is 4.99 Å². The molecule has 4 heterocycles. The monoisotopic (exact) mass is 699 g/mol.